The summed E-state index contributed by atoms with van der Waals surface area (Å²) in [4.78, 5) is 15.3. The Balaban J connectivity index is 2.82. The van der Waals surface area contributed by atoms with Crippen LogP contribution in [0.25, 0.3) is 11.3 Å². The van der Waals surface area contributed by atoms with E-state index in [0.29, 0.717) is 6.07 Å². The van der Waals surface area contributed by atoms with Crippen molar-refractivity contribution in [3.05, 3.63) is 46.9 Å². The minimum absolute atomic E-state index is 0.0133. The highest BCUT2D eigenvalue weighted by Gasteiger charge is 2.37. The minimum Gasteiger partial charge on any atom is -0.465 e. The highest BCUT2D eigenvalue weighted by molar-refractivity contribution is 5.98. The van der Waals surface area contributed by atoms with E-state index in [1.807, 2.05) is 0 Å². The van der Waals surface area contributed by atoms with E-state index in [2.05, 4.69) is 9.72 Å². The van der Waals surface area contributed by atoms with E-state index in [1.165, 1.54) is 6.92 Å². The number of methoxy groups -OCH3 is 1. The van der Waals surface area contributed by atoms with Crippen molar-refractivity contribution in [3.8, 4) is 11.3 Å². The molecule has 0 aliphatic carbocycles. The standard InChI is InChI=1S/C15H12F4N2O2/c1-7-12(11-4-3-8(16)6-21-11)10(15(17,18)19)5-9(13(7)20)14(22)23-2/h3-6H,20H2,1-2H3. The van der Waals surface area contributed by atoms with Gasteiger partial charge < -0.3 is 10.5 Å². The number of halogens is 4. The SMILES string of the molecule is COC(=O)c1cc(C(F)(F)F)c(-c2ccc(F)cn2)c(C)c1N. The Kier molecular flexibility index (Phi) is 4.26. The number of carbonyl (C=O) groups is 1. The van der Waals surface area contributed by atoms with Gasteiger partial charge in [-0.1, -0.05) is 0 Å². The Morgan fingerprint density at radius 2 is 1.96 bits per heavy atom. The highest BCUT2D eigenvalue weighted by atomic mass is 19.4. The maximum Gasteiger partial charge on any atom is 0.417 e. The van der Waals surface area contributed by atoms with Gasteiger partial charge in [-0.15, -0.1) is 0 Å². The number of nitrogens with two attached hydrogens (primary N) is 1. The van der Waals surface area contributed by atoms with Gasteiger partial charge in [-0.25, -0.2) is 9.18 Å². The number of nitrogen functional groups attached to an aromatic ring is 1. The zero-order valence-electron chi connectivity index (χ0n) is 12.2. The van der Waals surface area contributed by atoms with E-state index in [4.69, 9.17) is 5.73 Å². The van der Waals surface area contributed by atoms with Crippen LogP contribution in [0.2, 0.25) is 0 Å². The van der Waals surface area contributed by atoms with E-state index in [0.717, 1.165) is 25.4 Å². The molecule has 2 rings (SSSR count). The van der Waals surface area contributed by atoms with Gasteiger partial charge in [0, 0.05) is 11.3 Å². The van der Waals surface area contributed by atoms with Crippen molar-refractivity contribution in [1.82, 2.24) is 4.98 Å². The molecule has 0 aliphatic rings. The Bertz CT molecular complexity index is 756. The fourth-order valence-electron chi connectivity index (χ4n) is 2.19. The van der Waals surface area contributed by atoms with Crippen LogP contribution in [0.15, 0.2) is 24.4 Å². The first-order chi connectivity index (χ1) is 10.7. The van der Waals surface area contributed by atoms with Crippen molar-refractivity contribution in [2.24, 2.45) is 0 Å². The van der Waals surface area contributed by atoms with Crippen molar-refractivity contribution in [3.63, 3.8) is 0 Å². The van der Waals surface area contributed by atoms with Crippen LogP contribution in [-0.4, -0.2) is 18.1 Å². The summed E-state index contributed by atoms with van der Waals surface area (Å²) >= 11 is 0. The number of hydrogen-bond donors (Lipinski definition) is 1. The second-order valence-electron chi connectivity index (χ2n) is 4.74. The first-order valence-corrected chi connectivity index (χ1v) is 6.37. The molecule has 0 unspecified atom stereocenters. The molecular formula is C15H12F4N2O2. The van der Waals surface area contributed by atoms with Crippen LogP contribution in [0.1, 0.15) is 21.5 Å². The van der Waals surface area contributed by atoms with Crippen molar-refractivity contribution >= 4 is 11.7 Å². The van der Waals surface area contributed by atoms with Crippen LogP contribution in [0, 0.1) is 12.7 Å². The lowest BCUT2D eigenvalue weighted by molar-refractivity contribution is -0.137. The number of hydrogen-bond acceptors (Lipinski definition) is 4. The van der Waals surface area contributed by atoms with Crippen LogP contribution >= 0.6 is 0 Å². The molecule has 8 heteroatoms. The van der Waals surface area contributed by atoms with Gasteiger partial charge in [0.1, 0.15) is 5.82 Å². The Hall–Kier alpha value is -2.64. The average molecular weight is 328 g/mol. The molecule has 0 fully saturated rings. The van der Waals surface area contributed by atoms with Crippen LogP contribution in [-0.2, 0) is 10.9 Å². The number of anilines is 1. The molecule has 122 valence electrons. The van der Waals surface area contributed by atoms with E-state index >= 15 is 0 Å². The van der Waals surface area contributed by atoms with Crippen LogP contribution in [0.3, 0.4) is 0 Å². The summed E-state index contributed by atoms with van der Waals surface area (Å²) in [7, 11) is 1.04. The molecular weight excluding hydrogens is 316 g/mol. The summed E-state index contributed by atoms with van der Waals surface area (Å²) in [5, 5.41) is 0. The predicted octanol–water partition coefficient (Wildman–Crippen LogP) is 3.58. The van der Waals surface area contributed by atoms with Gasteiger partial charge in [0.05, 0.1) is 30.1 Å². The van der Waals surface area contributed by atoms with Crippen molar-refractivity contribution < 1.29 is 27.1 Å². The number of carbonyl (C=O) groups excluding carboxylic acids is 1. The zero-order chi connectivity index (χ0) is 17.4. The fraction of sp³-hybridized carbons (Fsp3) is 0.200. The van der Waals surface area contributed by atoms with Gasteiger partial charge in [-0.3, -0.25) is 4.98 Å². The third kappa shape index (κ3) is 3.10. The molecule has 0 spiro atoms. The number of aromatic nitrogens is 1. The highest BCUT2D eigenvalue weighted by Crippen LogP contribution is 2.41. The molecule has 2 N–H and O–H groups in total. The molecule has 23 heavy (non-hydrogen) atoms. The van der Waals surface area contributed by atoms with E-state index in [-0.39, 0.29) is 28.1 Å². The molecule has 1 aromatic carbocycles. The van der Waals surface area contributed by atoms with Crippen LogP contribution < -0.4 is 5.73 Å². The van der Waals surface area contributed by atoms with Crippen molar-refractivity contribution in [2.45, 2.75) is 13.1 Å². The molecule has 1 aromatic heterocycles. The Morgan fingerprint density at radius 1 is 1.30 bits per heavy atom. The monoisotopic (exact) mass is 328 g/mol. The summed E-state index contributed by atoms with van der Waals surface area (Å²) < 4.78 is 57.5. The summed E-state index contributed by atoms with van der Waals surface area (Å²) in [5.41, 5.74) is 3.75. The number of benzene rings is 1. The normalized spacial score (nSPS) is 11.4. The largest absolute Gasteiger partial charge is 0.465 e. The molecule has 2 aromatic rings. The quantitative estimate of drug-likeness (QED) is 0.520. The van der Waals surface area contributed by atoms with Gasteiger partial charge >= 0.3 is 12.1 Å². The average Bonchev–Trinajstić information content (AvgIpc) is 2.49. The number of esters is 1. The van der Waals surface area contributed by atoms with Crippen LogP contribution in [0.4, 0.5) is 23.2 Å². The fourth-order valence-corrected chi connectivity index (χ4v) is 2.19. The maximum absolute atomic E-state index is 13.4. The van der Waals surface area contributed by atoms with Gasteiger partial charge in [0.15, 0.2) is 0 Å². The molecule has 4 nitrogen and oxygen atoms in total. The molecule has 0 aliphatic heterocycles. The number of ether oxygens (including phenoxy) is 1. The van der Waals surface area contributed by atoms with Crippen molar-refractivity contribution in [1.29, 1.82) is 0 Å². The number of nitrogens with zero attached hydrogens (tertiary/aromatic N) is 1. The molecule has 0 saturated heterocycles. The summed E-state index contributed by atoms with van der Waals surface area (Å²) in [5.74, 6) is -1.66. The zero-order valence-corrected chi connectivity index (χ0v) is 12.2. The van der Waals surface area contributed by atoms with Gasteiger partial charge in [0.2, 0.25) is 0 Å². The Labute approximate surface area is 128 Å². The topological polar surface area (TPSA) is 65.2 Å². The molecule has 1 heterocycles. The first-order valence-electron chi connectivity index (χ1n) is 6.37. The number of rotatable bonds is 2. The van der Waals surface area contributed by atoms with E-state index < -0.39 is 23.5 Å². The molecule has 0 bridgehead atoms. The second-order valence-corrected chi connectivity index (χ2v) is 4.74. The third-order valence-corrected chi connectivity index (χ3v) is 3.32. The minimum atomic E-state index is -4.76. The van der Waals surface area contributed by atoms with Crippen LogP contribution in [0.5, 0.6) is 0 Å². The van der Waals surface area contributed by atoms with E-state index in [1.54, 1.807) is 0 Å². The second kappa shape index (κ2) is 5.86. The number of pyridine rings is 1. The number of alkyl halides is 3. The summed E-state index contributed by atoms with van der Waals surface area (Å²) in [6.07, 6.45) is -3.95. The van der Waals surface area contributed by atoms with E-state index in [9.17, 15) is 22.4 Å². The first kappa shape index (κ1) is 16.7. The molecule has 0 amide bonds. The maximum atomic E-state index is 13.4. The lowest BCUT2D eigenvalue weighted by atomic mass is 9.93. The summed E-state index contributed by atoms with van der Waals surface area (Å²) in [6.45, 7) is 1.33. The third-order valence-electron chi connectivity index (χ3n) is 3.32. The van der Waals surface area contributed by atoms with Gasteiger partial charge in [-0.05, 0) is 30.7 Å². The summed E-state index contributed by atoms with van der Waals surface area (Å²) in [6, 6.07) is 2.73. The smallest absolute Gasteiger partial charge is 0.417 e. The molecule has 0 atom stereocenters. The molecule has 0 saturated carbocycles. The molecule has 0 radical (unpaired) electrons. The predicted molar refractivity (Wildman–Crippen MR) is 75.1 cm³/mol. The lowest BCUT2D eigenvalue weighted by Crippen LogP contribution is -2.15. The Morgan fingerprint density at radius 3 is 2.43 bits per heavy atom. The lowest BCUT2D eigenvalue weighted by Gasteiger charge is -2.19. The van der Waals surface area contributed by atoms with Crippen molar-refractivity contribution in [2.75, 3.05) is 12.8 Å². The van der Waals surface area contributed by atoms with Gasteiger partial charge in [0.25, 0.3) is 0 Å². The van der Waals surface area contributed by atoms with Gasteiger partial charge in [-0.2, -0.15) is 13.2 Å².